The van der Waals surface area contributed by atoms with Crippen molar-refractivity contribution in [3.05, 3.63) is 64.9 Å². The van der Waals surface area contributed by atoms with Crippen LogP contribution in [-0.4, -0.2) is 120 Å². The van der Waals surface area contributed by atoms with Crippen molar-refractivity contribution in [1.29, 1.82) is 0 Å². The van der Waals surface area contributed by atoms with Crippen LogP contribution in [0, 0.1) is 0 Å². The second-order valence-electron chi connectivity index (χ2n) is 11.4. The Balaban J connectivity index is 1.64. The van der Waals surface area contributed by atoms with Crippen molar-refractivity contribution < 1.29 is 63.9 Å². The third-order valence-electron chi connectivity index (χ3n) is 7.98. The van der Waals surface area contributed by atoms with E-state index in [2.05, 4.69) is 15.0 Å². The largest absolute Gasteiger partial charge is 0.424 e. The van der Waals surface area contributed by atoms with Gasteiger partial charge in [-0.15, -0.1) is 4.98 Å². The first-order chi connectivity index (χ1) is 26.1. The maximum atomic E-state index is 12.8. The van der Waals surface area contributed by atoms with Crippen LogP contribution in [0.5, 0.6) is 23.5 Å². The molecule has 24 heteroatoms. The van der Waals surface area contributed by atoms with Crippen LogP contribution in [0.1, 0.15) is 11.1 Å². The Bertz CT molecular complexity index is 1630. The molecule has 55 heavy (non-hydrogen) atoms. The summed E-state index contributed by atoms with van der Waals surface area (Å²) in [5.74, 6) is 0.803. The molecule has 0 aliphatic carbocycles. The summed E-state index contributed by atoms with van der Waals surface area (Å²) in [6.07, 6.45) is 0.433. The van der Waals surface area contributed by atoms with Crippen LogP contribution in [0.15, 0.2) is 48.5 Å². The summed E-state index contributed by atoms with van der Waals surface area (Å²) < 4.78 is 104. The molecule has 0 aliphatic heterocycles. The van der Waals surface area contributed by atoms with E-state index >= 15 is 0 Å². The Hall–Kier alpha value is -2.14. The maximum Gasteiger partial charge on any atom is 0.344 e. The zero-order valence-electron chi connectivity index (χ0n) is 31.9. The van der Waals surface area contributed by atoms with E-state index in [-0.39, 0.29) is 42.4 Å². The van der Waals surface area contributed by atoms with Crippen LogP contribution in [0.4, 0.5) is 0 Å². The highest BCUT2D eigenvalue weighted by molar-refractivity contribution is 7.55. The lowest BCUT2D eigenvalue weighted by atomic mass is 10.1. The maximum absolute atomic E-state index is 12.8. The second kappa shape index (κ2) is 22.1. The molecule has 0 aliphatic rings. The topological polar surface area (TPSA) is 206 Å². The van der Waals surface area contributed by atoms with Crippen molar-refractivity contribution in [3.8, 4) is 23.5 Å². The highest BCUT2D eigenvalue weighted by Gasteiger charge is 2.33. The quantitative estimate of drug-likeness (QED) is 0.0713. The molecule has 0 bridgehead atoms. The van der Waals surface area contributed by atoms with Gasteiger partial charge in [-0.05, 0) is 59.8 Å². The van der Waals surface area contributed by atoms with E-state index in [9.17, 15) is 18.3 Å². The van der Waals surface area contributed by atoms with Crippen LogP contribution in [0.3, 0.4) is 0 Å². The van der Waals surface area contributed by atoms with Crippen molar-refractivity contribution >= 4 is 42.0 Å². The molecule has 0 saturated carbocycles. The predicted octanol–water partition coefficient (Wildman–Crippen LogP) is 7.57. The average Bonchev–Trinajstić information content (AvgIpc) is 3.19. The smallest absolute Gasteiger partial charge is 0.344 e. The van der Waals surface area contributed by atoms with Gasteiger partial charge in [0.25, 0.3) is 0 Å². The first kappa shape index (κ1) is 47.2. The fourth-order valence-electron chi connectivity index (χ4n) is 4.75. The molecule has 1 heterocycles. The van der Waals surface area contributed by atoms with Gasteiger partial charge < -0.3 is 45.7 Å². The number of aromatic nitrogens is 3. The molecule has 1 aromatic heterocycles. The van der Waals surface area contributed by atoms with Crippen LogP contribution in [0.2, 0.25) is 5.28 Å². The van der Waals surface area contributed by atoms with E-state index in [4.69, 9.17) is 57.3 Å². The van der Waals surface area contributed by atoms with Crippen molar-refractivity contribution in [2.24, 2.45) is 0 Å². The molecular weight excluding hydrogens is 826 g/mol. The van der Waals surface area contributed by atoms with Gasteiger partial charge in [-0.1, -0.05) is 24.3 Å². The first-order valence-electron chi connectivity index (χ1n) is 16.3. The highest BCUT2D eigenvalue weighted by atomic mass is 35.5. The molecule has 0 atom stereocenters. The van der Waals surface area contributed by atoms with Gasteiger partial charge in [0, 0.05) is 70.0 Å². The Labute approximate surface area is 326 Å². The molecule has 0 spiro atoms. The summed E-state index contributed by atoms with van der Waals surface area (Å²) in [6, 6.07) is 13.9. The number of hydrogen-bond acceptors (Lipinski definition) is 19. The summed E-state index contributed by atoms with van der Waals surface area (Å²) in [5, 5.41) is -0.156. The van der Waals surface area contributed by atoms with E-state index in [1.54, 1.807) is 34.1 Å². The van der Waals surface area contributed by atoms with Crippen molar-refractivity contribution in [2.75, 3.05) is 95.1 Å². The highest BCUT2D eigenvalue weighted by Crippen LogP contribution is 2.52. The third kappa shape index (κ3) is 15.3. The van der Waals surface area contributed by atoms with Gasteiger partial charge in [0.2, 0.25) is 5.28 Å². The fraction of sp³-hybridized carbons (Fsp3) is 0.516. The summed E-state index contributed by atoms with van der Waals surface area (Å²) in [6.45, 7) is 0.656. The van der Waals surface area contributed by atoms with Gasteiger partial charge in [0.15, 0.2) is 0 Å². The summed E-state index contributed by atoms with van der Waals surface area (Å²) in [5.41, 5.74) is 1.77. The van der Waals surface area contributed by atoms with Crippen LogP contribution in [-0.2, 0) is 67.3 Å². The van der Waals surface area contributed by atoms with Gasteiger partial charge in [-0.3, -0.25) is 28.1 Å². The monoisotopic (exact) mass is 873 g/mol. The van der Waals surface area contributed by atoms with Crippen LogP contribution < -0.4 is 9.47 Å². The number of hydrogen-bond donors (Lipinski definition) is 0. The molecule has 0 unspecified atom stereocenters. The molecule has 308 valence electrons. The van der Waals surface area contributed by atoms with Crippen molar-refractivity contribution in [1.82, 2.24) is 24.8 Å². The summed E-state index contributed by atoms with van der Waals surface area (Å²) >= 11 is 6.16. The normalized spacial score (nSPS) is 12.8. The van der Waals surface area contributed by atoms with E-state index < -0.39 is 30.4 Å². The minimum Gasteiger partial charge on any atom is -0.424 e. The molecule has 0 amide bonds. The zero-order valence-corrected chi connectivity index (χ0v) is 36.2. The summed E-state index contributed by atoms with van der Waals surface area (Å²) in [7, 11) is -3.62. The molecule has 3 rings (SSSR count). The first-order valence-corrected chi connectivity index (χ1v) is 23.6. The van der Waals surface area contributed by atoms with E-state index in [1.807, 2.05) is 24.3 Å². The molecule has 0 saturated heterocycles. The van der Waals surface area contributed by atoms with Crippen molar-refractivity contribution in [3.63, 3.8) is 0 Å². The Morgan fingerprint density at radius 3 is 1.00 bits per heavy atom. The standard InChI is InChI=1S/C31H48ClN5O14P4/c1-42-52(38,43-2)21-36(22-53(39,44-3)45-4)19-17-25-9-13-27(14-10-25)50-30-33-29(32)34-31(35-30)51-28-15-11-26(12-16-28)18-20-37(23-54(40,46-5)47-6)24-55(41,48-7)49-8/h9-16H,17-24H2,1-8H3. The lowest BCUT2D eigenvalue weighted by Gasteiger charge is -2.27. The second-order valence-corrected chi connectivity index (χ2v) is 20.7. The number of nitrogens with zero attached hydrogens (tertiary/aromatic N) is 5. The van der Waals surface area contributed by atoms with E-state index in [1.165, 1.54) is 56.9 Å². The molecule has 3 aromatic rings. The molecule has 2 aromatic carbocycles. The molecule has 0 N–H and O–H groups in total. The molecule has 0 fully saturated rings. The SMILES string of the molecule is COP(=O)(CN(CCc1ccc(Oc2nc(Cl)nc(Oc3ccc(CCN(CP(=O)(OC)OC)CP(=O)(OC)OC)cc3)n2)cc1)CP(=O)(OC)OC)OC. The van der Waals surface area contributed by atoms with Gasteiger partial charge >= 0.3 is 42.4 Å². The number of rotatable bonds is 26. The van der Waals surface area contributed by atoms with E-state index in [0.29, 0.717) is 37.4 Å². The van der Waals surface area contributed by atoms with Gasteiger partial charge in [-0.2, -0.15) is 9.97 Å². The third-order valence-corrected chi connectivity index (χ3v) is 15.6. The lowest BCUT2D eigenvalue weighted by Crippen LogP contribution is -2.29. The van der Waals surface area contributed by atoms with Crippen LogP contribution >= 0.6 is 42.0 Å². The molecular formula is C31H48ClN5O14P4. The Kier molecular flexibility index (Phi) is 19.0. The van der Waals surface area contributed by atoms with Gasteiger partial charge in [0.1, 0.15) is 36.6 Å². The fourth-order valence-corrected chi connectivity index (χ4v) is 9.66. The zero-order chi connectivity index (χ0) is 40.7. The van der Waals surface area contributed by atoms with Crippen molar-refractivity contribution in [2.45, 2.75) is 12.8 Å². The molecule has 19 nitrogen and oxygen atoms in total. The number of ether oxygens (including phenoxy) is 2. The number of benzene rings is 2. The van der Waals surface area contributed by atoms with E-state index in [0.717, 1.165) is 11.1 Å². The summed E-state index contributed by atoms with van der Waals surface area (Å²) in [4.78, 5) is 15.6. The predicted molar refractivity (Wildman–Crippen MR) is 205 cm³/mol. The Morgan fingerprint density at radius 2 is 0.745 bits per heavy atom. The Morgan fingerprint density at radius 1 is 0.473 bits per heavy atom. The van der Waals surface area contributed by atoms with Crippen LogP contribution in [0.25, 0.3) is 0 Å². The minimum absolute atomic E-state index is 0.107. The van der Waals surface area contributed by atoms with Gasteiger partial charge in [-0.25, -0.2) is 0 Å². The van der Waals surface area contributed by atoms with Gasteiger partial charge in [0.05, 0.1) is 0 Å². The average molecular weight is 874 g/mol. The lowest BCUT2D eigenvalue weighted by molar-refractivity contribution is 0.223. The number of halogens is 1. The minimum atomic E-state index is -3.47. The molecule has 0 radical (unpaired) electrons.